The lowest BCUT2D eigenvalue weighted by Gasteiger charge is -2.04. The maximum Gasteiger partial charge on any atom is 0.138 e. The van der Waals surface area contributed by atoms with Crippen molar-refractivity contribution in [2.75, 3.05) is 0 Å². The third kappa shape index (κ3) is 21.3. The van der Waals surface area contributed by atoms with Crippen molar-refractivity contribution in [3.8, 4) is 0 Å². The molecule has 0 radical (unpaired) electrons. The van der Waals surface area contributed by atoms with Crippen LogP contribution in [0.4, 0.5) is 0 Å². The molecule has 0 aliphatic rings. The third-order valence-corrected chi connectivity index (χ3v) is 26.9. The van der Waals surface area contributed by atoms with E-state index in [1.54, 1.807) is 0 Å². The predicted octanol–water partition coefficient (Wildman–Crippen LogP) is 38.8. The number of thiophene rings is 1. The molecule has 20 aromatic carbocycles. The molecule has 0 saturated heterocycles. The first-order valence-electron chi connectivity index (χ1n) is 46.9. The van der Waals surface area contributed by atoms with E-state index in [1.807, 2.05) is 47.7 Å². The Morgan fingerprint density at radius 3 is 0.978 bits per heavy atom. The minimum atomic E-state index is 0.973. The highest BCUT2D eigenvalue weighted by Crippen LogP contribution is 2.39. The second kappa shape index (κ2) is 41.5. The van der Waals surface area contributed by atoms with Crippen molar-refractivity contribution >= 4 is 173 Å². The molecule has 0 aliphatic heterocycles. The lowest BCUT2D eigenvalue weighted by Crippen LogP contribution is -1.81. The second-order valence-corrected chi connectivity index (χ2v) is 37.7. The summed E-state index contributed by atoms with van der Waals surface area (Å²) in [5, 5.41) is 26.1. The monoisotopic (exact) mass is 1780 g/mol. The zero-order chi connectivity index (χ0) is 94.8. The number of hydrogen-bond donors (Lipinski definition) is 0. The molecule has 5 heterocycles. The number of fused-ring (bicyclic) bond motifs is 20. The minimum Gasteiger partial charge on any atom is -0.456 e. The van der Waals surface area contributed by atoms with Crippen LogP contribution in [-0.2, 0) is 0 Å². The normalized spacial score (nSPS) is 11.0. The van der Waals surface area contributed by atoms with Gasteiger partial charge in [0.25, 0.3) is 0 Å². The van der Waals surface area contributed by atoms with Gasteiger partial charge in [-0.05, 0) is 325 Å². The molecule has 0 fully saturated rings. The largest absolute Gasteiger partial charge is 0.456 e. The summed E-state index contributed by atoms with van der Waals surface area (Å²) in [5.74, 6) is 0. The van der Waals surface area contributed by atoms with Gasteiger partial charge in [-0.25, -0.2) is 0 Å². The van der Waals surface area contributed by atoms with E-state index < -0.39 is 0 Å². The average Bonchev–Trinajstić information content (AvgIpc) is 1.64. The zero-order valence-corrected chi connectivity index (χ0v) is 82.5. The average molecular weight is 1780 g/mol. The highest BCUT2D eigenvalue weighted by atomic mass is 32.1. The smallest absolute Gasteiger partial charge is 0.138 e. The highest BCUT2D eigenvalue weighted by Gasteiger charge is 2.15. The second-order valence-electron chi connectivity index (χ2n) is 36.6. The lowest BCUT2D eigenvalue weighted by molar-refractivity contribution is 0.662. The van der Waals surface area contributed by atoms with Crippen LogP contribution in [0.2, 0.25) is 0 Å². The fourth-order valence-corrected chi connectivity index (χ4v) is 19.5. The van der Waals surface area contributed by atoms with E-state index in [9.17, 15) is 0 Å². The molecule has 25 rings (SSSR count). The van der Waals surface area contributed by atoms with Gasteiger partial charge in [-0.3, -0.25) is 0 Å². The van der Waals surface area contributed by atoms with E-state index >= 15 is 0 Å². The summed E-state index contributed by atoms with van der Waals surface area (Å²) in [6.45, 7) is 42.6. The van der Waals surface area contributed by atoms with Gasteiger partial charge in [0.2, 0.25) is 0 Å². The van der Waals surface area contributed by atoms with E-state index in [4.69, 9.17) is 17.7 Å². The molecule has 0 amide bonds. The van der Waals surface area contributed by atoms with E-state index in [0.29, 0.717) is 0 Å². The summed E-state index contributed by atoms with van der Waals surface area (Å²) in [6.07, 6.45) is 0. The first kappa shape index (κ1) is 93.4. The van der Waals surface area contributed by atoms with Crippen LogP contribution < -0.4 is 0 Å². The van der Waals surface area contributed by atoms with Gasteiger partial charge in [0.1, 0.15) is 44.7 Å². The Bertz CT molecular complexity index is 8160. The quantitative estimate of drug-likeness (QED) is 0.152. The fourth-order valence-electron chi connectivity index (χ4n) is 18.4. The Kier molecular flexibility index (Phi) is 28.7. The minimum absolute atomic E-state index is 0.973. The first-order valence-corrected chi connectivity index (χ1v) is 47.7. The number of rotatable bonds is 0. The van der Waals surface area contributed by atoms with E-state index in [2.05, 4.69) is 466 Å². The Balaban J connectivity index is 0.000000109. The number of hydrogen-bond acceptors (Lipinski definition) is 5. The molecule has 0 spiro atoms. The maximum absolute atomic E-state index is 5.91. The number of furan rings is 4. The zero-order valence-electron chi connectivity index (χ0n) is 81.7. The van der Waals surface area contributed by atoms with Crippen molar-refractivity contribution in [2.45, 2.75) is 138 Å². The van der Waals surface area contributed by atoms with Crippen LogP contribution in [0.3, 0.4) is 0 Å². The Labute approximate surface area is 798 Å². The first-order chi connectivity index (χ1) is 65.2. The molecule has 135 heavy (non-hydrogen) atoms. The van der Waals surface area contributed by atoms with Crippen LogP contribution >= 0.6 is 11.3 Å². The summed E-state index contributed by atoms with van der Waals surface area (Å²) in [6, 6.07) is 128. The van der Waals surface area contributed by atoms with Gasteiger partial charge >= 0.3 is 0 Å². The van der Waals surface area contributed by atoms with Crippen molar-refractivity contribution in [3.63, 3.8) is 0 Å². The summed E-state index contributed by atoms with van der Waals surface area (Å²) in [5.41, 5.74) is 34.1. The molecule has 25 aromatic rings. The van der Waals surface area contributed by atoms with Crippen LogP contribution in [0.5, 0.6) is 0 Å². The molecule has 0 N–H and O–H groups in total. The highest BCUT2D eigenvalue weighted by molar-refractivity contribution is 7.25. The van der Waals surface area contributed by atoms with E-state index in [0.717, 1.165) is 44.7 Å². The Morgan fingerprint density at radius 1 is 0.141 bits per heavy atom. The van der Waals surface area contributed by atoms with Gasteiger partial charge < -0.3 is 17.7 Å². The van der Waals surface area contributed by atoms with Crippen LogP contribution in [0.25, 0.3) is 162 Å². The molecular weight excluding hydrogens is 1660 g/mol. The van der Waals surface area contributed by atoms with Gasteiger partial charge in [-0.1, -0.05) is 342 Å². The van der Waals surface area contributed by atoms with Crippen LogP contribution in [0.15, 0.2) is 382 Å². The molecule has 0 bridgehead atoms. The van der Waals surface area contributed by atoms with Crippen molar-refractivity contribution < 1.29 is 17.7 Å². The number of aryl methyl sites for hydroxylation is 20. The Hall–Kier alpha value is -14.9. The van der Waals surface area contributed by atoms with Crippen molar-refractivity contribution in [1.29, 1.82) is 0 Å². The van der Waals surface area contributed by atoms with Gasteiger partial charge in [0.05, 0.1) is 0 Å². The molecule has 0 aliphatic carbocycles. The van der Waals surface area contributed by atoms with Crippen molar-refractivity contribution in [2.24, 2.45) is 0 Å². The summed E-state index contributed by atoms with van der Waals surface area (Å²) in [7, 11) is 0. The van der Waals surface area contributed by atoms with Gasteiger partial charge in [0, 0.05) is 63.3 Å². The lowest BCUT2D eigenvalue weighted by atomic mass is 10.0. The molecule has 4 nitrogen and oxygen atoms in total. The predicted molar refractivity (Wildman–Crippen MR) is 589 cm³/mol. The molecule has 0 saturated carbocycles. The number of para-hydroxylation sites is 4. The van der Waals surface area contributed by atoms with Gasteiger partial charge in [-0.15, -0.1) is 11.3 Å². The topological polar surface area (TPSA) is 52.6 Å². The van der Waals surface area contributed by atoms with E-state index in [-0.39, 0.29) is 0 Å². The SMILES string of the molecule is Cc1cc(C)c2ccccc2c1.Cc1cc2ccccc2cc1C.Cc1ccc(C)c2c1oc1ccccc12.Cc1ccc(C)c2ccccc12.Cc1ccc2cc(C)ccc2c1.Cc1ccc2oc3ccc(C)cc3c2c1.Cc1ccc2sc3ccc(C)cc3c2c1.Cc1cccc2c1oc1c(C)cccc12.Cc1cccc2c1oc1cccc(C)c12.Cc1cccc2cccc(C)c12. The van der Waals surface area contributed by atoms with Gasteiger partial charge in [0.15, 0.2) is 0 Å². The fraction of sp³-hybridized carbons (Fsp3) is 0.154. The molecule has 0 unspecified atom stereocenters. The molecule has 670 valence electrons. The summed E-state index contributed by atoms with van der Waals surface area (Å²) < 4.78 is 26.2. The molecular formula is C130H120O4S. The maximum atomic E-state index is 5.91. The number of benzene rings is 20. The van der Waals surface area contributed by atoms with Crippen LogP contribution in [0.1, 0.15) is 111 Å². The third-order valence-electron chi connectivity index (χ3n) is 25.7. The van der Waals surface area contributed by atoms with Crippen LogP contribution in [0, 0.1) is 138 Å². The van der Waals surface area contributed by atoms with Crippen molar-refractivity contribution in [1.82, 2.24) is 0 Å². The summed E-state index contributed by atoms with van der Waals surface area (Å²) >= 11 is 1.88. The van der Waals surface area contributed by atoms with Gasteiger partial charge in [-0.2, -0.15) is 0 Å². The Morgan fingerprint density at radius 2 is 0.467 bits per heavy atom. The van der Waals surface area contributed by atoms with Crippen molar-refractivity contribution in [3.05, 3.63) is 475 Å². The molecule has 5 aromatic heterocycles. The molecule has 0 atom stereocenters. The summed E-state index contributed by atoms with van der Waals surface area (Å²) in [4.78, 5) is 0. The van der Waals surface area contributed by atoms with Crippen LogP contribution in [-0.4, -0.2) is 0 Å². The standard InChI is InChI=1S/4C14H12O.C14H12S.5C12H12/c1-9-5-4-8-12-13(9)11-7-3-6-10(2)14(11)15-12;1-9-3-5-13-11(7-9)12-8-10(2)4-6-14(12)15-13;1-9-5-3-7-11-12-8-4-6-10(2)14(12)15-13(9)11;1-9-7-8-10(2)14-13(9)11-5-3-4-6-12(11)15-14;1-9-3-5-13-11(7-9)12-8-10(2)4-6-14(12)15-13;1-9-3-5-12-8-10(2)4-6-11(12)7-9;1-9-5-3-7-11-8-4-6-10(2)12(9)11;1-9-7-11-5-3-4-6-12(11)8-10(9)2;1-9-7-10(2)12-6-4-3-5-11(12)8-9;1-9-7-8-10(2)12-6-4-3-5-11(9)12/h5*3-8H,1-2H3;5*3-8H,1-2H3. The molecule has 5 heteroatoms. The van der Waals surface area contributed by atoms with E-state index in [1.165, 1.54) is 228 Å².